The molecule has 0 aliphatic carbocycles. The molecule has 2 N–H and O–H groups in total. The smallest absolute Gasteiger partial charge is 0.264 e. The van der Waals surface area contributed by atoms with E-state index in [0.717, 1.165) is 12.0 Å². The monoisotopic (exact) mass is 367 g/mol. The van der Waals surface area contributed by atoms with E-state index in [1.807, 2.05) is 0 Å². The van der Waals surface area contributed by atoms with Crippen LogP contribution in [0.4, 0.5) is 0 Å². The van der Waals surface area contributed by atoms with E-state index in [-0.39, 0.29) is 17.2 Å². The van der Waals surface area contributed by atoms with E-state index in [1.54, 1.807) is 0 Å². The second-order valence-electron chi connectivity index (χ2n) is 8.06. The molecule has 4 nitrogen and oxygen atoms in total. The summed E-state index contributed by atoms with van der Waals surface area (Å²) in [5.74, 6) is 0.332. The van der Waals surface area contributed by atoms with Crippen LogP contribution in [0.1, 0.15) is 58.6 Å². The molecule has 0 saturated carbocycles. The minimum Gasteiger partial charge on any atom is -0.310 e. The second kappa shape index (κ2) is 9.51. The van der Waals surface area contributed by atoms with Crippen LogP contribution in [0.5, 0.6) is 0 Å². The van der Waals surface area contributed by atoms with Crippen LogP contribution in [0, 0.1) is 5.92 Å². The molecule has 0 spiro atoms. The highest BCUT2D eigenvalue weighted by atomic mass is 32.2. The molecule has 25 heavy (non-hydrogen) atoms. The Morgan fingerprint density at radius 2 is 1.76 bits per heavy atom. The fourth-order valence-corrected chi connectivity index (χ4v) is 3.11. The number of hydrogen-bond acceptors (Lipinski definition) is 3. The molecule has 0 aromatic heterocycles. The standard InChI is InChI=1S/C20H33NO3S/c1-16(2)15-19(21-13-6-14-25(22,23)24)12-9-17-7-10-18(11-8-17)20(3,4)5/h7-12,16,19,21H,6,13-15H2,1-5H3,(H,22,23,24)/b12-9+. The molecule has 1 unspecified atom stereocenters. The molecule has 0 radical (unpaired) electrons. The van der Waals surface area contributed by atoms with Crippen molar-refractivity contribution in [2.75, 3.05) is 12.3 Å². The lowest BCUT2D eigenvalue weighted by Gasteiger charge is -2.19. The van der Waals surface area contributed by atoms with Crippen LogP contribution in [0.15, 0.2) is 30.3 Å². The van der Waals surface area contributed by atoms with Crippen molar-refractivity contribution < 1.29 is 13.0 Å². The van der Waals surface area contributed by atoms with Crippen LogP contribution >= 0.6 is 0 Å². The van der Waals surface area contributed by atoms with Crippen molar-refractivity contribution in [3.05, 3.63) is 41.5 Å². The van der Waals surface area contributed by atoms with Crippen molar-refractivity contribution in [2.45, 2.75) is 58.9 Å². The summed E-state index contributed by atoms with van der Waals surface area (Å²) in [5.41, 5.74) is 2.62. The van der Waals surface area contributed by atoms with Crippen LogP contribution in [0.3, 0.4) is 0 Å². The molecule has 1 aromatic rings. The van der Waals surface area contributed by atoms with E-state index in [1.165, 1.54) is 5.56 Å². The minimum atomic E-state index is -3.87. The quantitative estimate of drug-likeness (QED) is 0.505. The Bertz CT molecular complexity index is 641. The van der Waals surface area contributed by atoms with Gasteiger partial charge in [0.2, 0.25) is 0 Å². The summed E-state index contributed by atoms with van der Waals surface area (Å²) in [6.45, 7) is 11.5. The first-order valence-corrected chi connectivity index (χ1v) is 10.6. The number of nitrogens with one attached hydrogen (secondary N) is 1. The summed E-state index contributed by atoms with van der Waals surface area (Å²) in [6.07, 6.45) is 5.62. The fraction of sp³-hybridized carbons (Fsp3) is 0.600. The van der Waals surface area contributed by atoms with Gasteiger partial charge >= 0.3 is 0 Å². The van der Waals surface area contributed by atoms with Gasteiger partial charge in [-0.2, -0.15) is 8.42 Å². The van der Waals surface area contributed by atoms with Gasteiger partial charge in [0.05, 0.1) is 5.75 Å². The molecule has 5 heteroatoms. The first-order chi connectivity index (χ1) is 11.5. The Kier molecular flexibility index (Phi) is 8.32. The Morgan fingerprint density at radius 1 is 1.16 bits per heavy atom. The molecule has 0 aliphatic heterocycles. The summed E-state index contributed by atoms with van der Waals surface area (Å²) >= 11 is 0. The van der Waals surface area contributed by atoms with Gasteiger partial charge in [0.1, 0.15) is 0 Å². The summed E-state index contributed by atoms with van der Waals surface area (Å²) < 4.78 is 30.3. The maximum atomic E-state index is 10.8. The normalized spacial score (nSPS) is 14.4. The minimum absolute atomic E-state index is 0.150. The van der Waals surface area contributed by atoms with Crippen LogP contribution in [-0.4, -0.2) is 31.3 Å². The summed E-state index contributed by atoms with van der Waals surface area (Å²) in [5, 5.41) is 3.37. The van der Waals surface area contributed by atoms with Gasteiger partial charge in [-0.1, -0.05) is 71.0 Å². The topological polar surface area (TPSA) is 66.4 Å². The predicted molar refractivity (Wildman–Crippen MR) is 106 cm³/mol. The summed E-state index contributed by atoms with van der Waals surface area (Å²) in [7, 11) is -3.87. The lowest BCUT2D eigenvalue weighted by molar-refractivity contribution is 0.462. The third-order valence-corrected chi connectivity index (χ3v) is 4.81. The van der Waals surface area contributed by atoms with E-state index in [0.29, 0.717) is 18.9 Å². The van der Waals surface area contributed by atoms with Crippen LogP contribution in [0.25, 0.3) is 6.08 Å². The first-order valence-electron chi connectivity index (χ1n) is 8.94. The molecule has 142 valence electrons. The maximum absolute atomic E-state index is 10.8. The zero-order chi connectivity index (χ0) is 19.1. The van der Waals surface area contributed by atoms with Crippen molar-refractivity contribution in [1.82, 2.24) is 5.32 Å². The van der Waals surface area contributed by atoms with E-state index >= 15 is 0 Å². The molecular weight excluding hydrogens is 334 g/mol. The number of rotatable bonds is 9. The van der Waals surface area contributed by atoms with Gasteiger partial charge in [-0.05, 0) is 41.8 Å². The molecule has 0 saturated heterocycles. The van der Waals surface area contributed by atoms with Crippen LogP contribution in [0.2, 0.25) is 0 Å². The average Bonchev–Trinajstić information content (AvgIpc) is 2.47. The summed E-state index contributed by atoms with van der Waals surface area (Å²) in [6, 6.07) is 8.76. The molecule has 1 atom stereocenters. The summed E-state index contributed by atoms with van der Waals surface area (Å²) in [4.78, 5) is 0. The van der Waals surface area contributed by atoms with Gasteiger partial charge < -0.3 is 5.32 Å². The van der Waals surface area contributed by atoms with E-state index in [4.69, 9.17) is 4.55 Å². The average molecular weight is 368 g/mol. The highest BCUT2D eigenvalue weighted by molar-refractivity contribution is 7.85. The maximum Gasteiger partial charge on any atom is 0.264 e. The van der Waals surface area contributed by atoms with Gasteiger partial charge in [0, 0.05) is 6.04 Å². The lowest BCUT2D eigenvalue weighted by Crippen LogP contribution is -2.30. The Balaban J connectivity index is 2.65. The lowest BCUT2D eigenvalue weighted by atomic mass is 9.86. The molecule has 0 aliphatic rings. The molecule has 0 amide bonds. The molecule has 1 rings (SSSR count). The predicted octanol–water partition coefficient (Wildman–Crippen LogP) is 4.28. The highest BCUT2D eigenvalue weighted by Crippen LogP contribution is 2.22. The van der Waals surface area contributed by atoms with Gasteiger partial charge in [-0.25, -0.2) is 0 Å². The van der Waals surface area contributed by atoms with Crippen LogP contribution < -0.4 is 5.32 Å². The van der Waals surface area contributed by atoms with Crippen molar-refractivity contribution >= 4 is 16.2 Å². The molecular formula is C20H33NO3S. The third-order valence-electron chi connectivity index (χ3n) is 4.01. The van der Waals surface area contributed by atoms with Gasteiger partial charge in [0.15, 0.2) is 0 Å². The van der Waals surface area contributed by atoms with Crippen molar-refractivity contribution in [3.63, 3.8) is 0 Å². The first kappa shape index (κ1) is 21.9. The zero-order valence-electron chi connectivity index (χ0n) is 16.1. The molecule has 1 aromatic carbocycles. The second-order valence-corrected chi connectivity index (χ2v) is 9.63. The largest absolute Gasteiger partial charge is 0.310 e. The van der Waals surface area contributed by atoms with E-state index < -0.39 is 10.1 Å². The number of hydrogen-bond donors (Lipinski definition) is 2. The molecule has 0 bridgehead atoms. The van der Waals surface area contributed by atoms with Crippen molar-refractivity contribution in [3.8, 4) is 0 Å². The fourth-order valence-electron chi connectivity index (χ4n) is 2.60. The van der Waals surface area contributed by atoms with E-state index in [2.05, 4.69) is 76.4 Å². The Morgan fingerprint density at radius 3 is 2.24 bits per heavy atom. The van der Waals surface area contributed by atoms with E-state index in [9.17, 15) is 8.42 Å². The SMILES string of the molecule is CC(C)CC(/C=C/c1ccc(C(C)(C)C)cc1)NCCCS(=O)(=O)O. The van der Waals surface area contributed by atoms with Gasteiger partial charge in [-0.15, -0.1) is 0 Å². The van der Waals surface area contributed by atoms with Crippen LogP contribution in [-0.2, 0) is 15.5 Å². The van der Waals surface area contributed by atoms with Gasteiger partial charge in [-0.3, -0.25) is 4.55 Å². The molecule has 0 heterocycles. The highest BCUT2D eigenvalue weighted by Gasteiger charge is 2.12. The zero-order valence-corrected chi connectivity index (χ0v) is 16.9. The Labute approximate surface area is 153 Å². The molecule has 0 fully saturated rings. The third kappa shape index (κ3) is 9.78. The Hall–Kier alpha value is -1.17. The number of benzene rings is 1. The van der Waals surface area contributed by atoms with Gasteiger partial charge in [0.25, 0.3) is 10.1 Å². The van der Waals surface area contributed by atoms with Crippen molar-refractivity contribution in [2.24, 2.45) is 5.92 Å². The van der Waals surface area contributed by atoms with Crippen molar-refractivity contribution in [1.29, 1.82) is 0 Å².